The predicted molar refractivity (Wildman–Crippen MR) is 107 cm³/mol. The van der Waals surface area contributed by atoms with Crippen molar-refractivity contribution in [2.75, 3.05) is 11.9 Å². The molecule has 0 unspecified atom stereocenters. The van der Waals surface area contributed by atoms with Crippen LogP contribution in [0.2, 0.25) is 0 Å². The number of thiazole rings is 1. The Morgan fingerprint density at radius 3 is 2.61 bits per heavy atom. The van der Waals surface area contributed by atoms with E-state index in [0.29, 0.717) is 28.9 Å². The lowest BCUT2D eigenvalue weighted by Gasteiger charge is -2.07. The fraction of sp³-hybridized carbons (Fsp3) is 0.263. The Morgan fingerprint density at radius 2 is 1.96 bits per heavy atom. The molecule has 0 radical (unpaired) electrons. The number of hydrogen-bond acceptors (Lipinski definition) is 6. The molecule has 2 heterocycles. The highest BCUT2D eigenvalue weighted by Gasteiger charge is 2.24. The van der Waals surface area contributed by atoms with Gasteiger partial charge in [-0.2, -0.15) is 0 Å². The minimum Gasteiger partial charge on any atom is -0.459 e. The van der Waals surface area contributed by atoms with Gasteiger partial charge in [0, 0.05) is 17.6 Å². The average Bonchev–Trinajstić information content (AvgIpc) is 3.19. The topological polar surface area (TPSA) is 101 Å². The molecule has 1 amide bonds. The number of benzene rings is 1. The second kappa shape index (κ2) is 7.50. The monoisotopic (exact) mass is 417 g/mol. The lowest BCUT2D eigenvalue weighted by Crippen LogP contribution is -2.25. The molecule has 0 aliphatic heterocycles. The van der Waals surface area contributed by atoms with Gasteiger partial charge in [0.1, 0.15) is 11.5 Å². The van der Waals surface area contributed by atoms with Crippen LogP contribution < -0.4 is 10.0 Å². The molecule has 1 saturated carbocycles. The number of rotatable bonds is 7. The zero-order valence-corrected chi connectivity index (χ0v) is 16.8. The number of amides is 1. The molecular formula is C19H19N3O4S2. The maximum absolute atomic E-state index is 12.4. The molecule has 0 saturated heterocycles. The summed E-state index contributed by atoms with van der Waals surface area (Å²) in [6, 6.07) is 9.73. The minimum atomic E-state index is -3.52. The van der Waals surface area contributed by atoms with Crippen LogP contribution in [0.25, 0.3) is 10.8 Å². The van der Waals surface area contributed by atoms with Crippen LogP contribution in [0, 0.1) is 12.8 Å². The van der Waals surface area contributed by atoms with Crippen LogP contribution in [-0.2, 0) is 10.0 Å². The summed E-state index contributed by atoms with van der Waals surface area (Å²) in [4.78, 5) is 16.9. The number of nitrogens with zero attached hydrogens (tertiary/aromatic N) is 1. The summed E-state index contributed by atoms with van der Waals surface area (Å²) in [7, 11) is -3.52. The first kappa shape index (κ1) is 18.9. The number of furan rings is 1. The van der Waals surface area contributed by atoms with Gasteiger partial charge in [-0.1, -0.05) is 0 Å². The van der Waals surface area contributed by atoms with Crippen LogP contribution in [-0.4, -0.2) is 25.9 Å². The zero-order valence-electron chi connectivity index (χ0n) is 15.1. The first-order chi connectivity index (χ1) is 13.4. The second-order valence-electron chi connectivity index (χ2n) is 6.72. The summed E-state index contributed by atoms with van der Waals surface area (Å²) < 4.78 is 32.6. The van der Waals surface area contributed by atoms with Crippen molar-refractivity contribution in [3.63, 3.8) is 0 Å². The van der Waals surface area contributed by atoms with E-state index in [1.807, 2.05) is 19.1 Å². The Bertz CT molecular complexity index is 1100. The second-order valence-corrected chi connectivity index (χ2v) is 9.35. The fourth-order valence-electron chi connectivity index (χ4n) is 2.59. The third kappa shape index (κ3) is 4.32. The maximum atomic E-state index is 12.4. The highest BCUT2D eigenvalue weighted by Crippen LogP contribution is 2.28. The van der Waals surface area contributed by atoms with Gasteiger partial charge < -0.3 is 9.73 Å². The summed E-state index contributed by atoms with van der Waals surface area (Å²) in [5, 5.41) is 5.01. The van der Waals surface area contributed by atoms with Crippen LogP contribution in [0.15, 0.2) is 51.1 Å². The number of hydrogen-bond donors (Lipinski definition) is 2. The van der Waals surface area contributed by atoms with Gasteiger partial charge in [0.2, 0.25) is 10.0 Å². The number of carbonyl (C=O) groups is 1. The number of sulfonamides is 1. The van der Waals surface area contributed by atoms with Gasteiger partial charge in [-0.25, -0.2) is 18.1 Å². The van der Waals surface area contributed by atoms with Gasteiger partial charge in [-0.15, -0.1) is 11.3 Å². The Morgan fingerprint density at radius 1 is 1.21 bits per heavy atom. The van der Waals surface area contributed by atoms with Crippen LogP contribution in [0.5, 0.6) is 0 Å². The summed E-state index contributed by atoms with van der Waals surface area (Å²) in [5.41, 5.74) is 0.770. The Hall–Kier alpha value is -2.49. The Balaban J connectivity index is 1.41. The molecule has 0 spiro atoms. The van der Waals surface area contributed by atoms with Crippen molar-refractivity contribution in [1.82, 2.24) is 9.71 Å². The quantitative estimate of drug-likeness (QED) is 0.611. The van der Waals surface area contributed by atoms with Gasteiger partial charge in [0.25, 0.3) is 5.91 Å². The van der Waals surface area contributed by atoms with E-state index in [1.54, 1.807) is 17.5 Å². The molecule has 4 rings (SSSR count). The van der Waals surface area contributed by atoms with E-state index >= 15 is 0 Å². The van der Waals surface area contributed by atoms with E-state index in [9.17, 15) is 13.2 Å². The van der Waals surface area contributed by atoms with E-state index in [1.165, 1.54) is 23.5 Å². The largest absolute Gasteiger partial charge is 0.459 e. The molecule has 9 heteroatoms. The van der Waals surface area contributed by atoms with E-state index in [0.717, 1.165) is 18.6 Å². The molecule has 2 aromatic heterocycles. The minimum absolute atomic E-state index is 0.176. The number of nitrogens with one attached hydrogen (secondary N) is 2. The van der Waals surface area contributed by atoms with Crippen molar-refractivity contribution < 1.29 is 17.6 Å². The number of aryl methyl sites for hydroxylation is 1. The van der Waals surface area contributed by atoms with E-state index in [4.69, 9.17) is 4.42 Å². The van der Waals surface area contributed by atoms with E-state index in [-0.39, 0.29) is 16.5 Å². The standard InChI is InChI=1S/C19H19N3O4S2/c1-12-2-9-17(26-12)19-22-16(11-27-19)18(23)21-14-5-7-15(8-6-14)28(24,25)20-10-13-3-4-13/h2,5-9,11,13,20H,3-4,10H2,1H3,(H,21,23). The number of aromatic nitrogens is 1. The van der Waals surface area contributed by atoms with Gasteiger partial charge in [-0.3, -0.25) is 4.79 Å². The first-order valence-electron chi connectivity index (χ1n) is 8.84. The average molecular weight is 418 g/mol. The van der Waals surface area contributed by atoms with Crippen molar-refractivity contribution in [3.05, 3.63) is 53.2 Å². The summed E-state index contributed by atoms with van der Waals surface area (Å²) in [5.74, 6) is 1.49. The molecule has 1 aromatic carbocycles. The van der Waals surface area contributed by atoms with Gasteiger partial charge >= 0.3 is 0 Å². The van der Waals surface area contributed by atoms with Gasteiger partial charge in [0.15, 0.2) is 10.8 Å². The number of anilines is 1. The first-order valence-corrected chi connectivity index (χ1v) is 11.2. The molecule has 0 bridgehead atoms. The highest BCUT2D eigenvalue weighted by atomic mass is 32.2. The van der Waals surface area contributed by atoms with Crippen molar-refractivity contribution in [3.8, 4) is 10.8 Å². The molecule has 7 nitrogen and oxygen atoms in total. The molecule has 1 fully saturated rings. The molecule has 1 aliphatic rings. The van der Waals surface area contributed by atoms with E-state index < -0.39 is 10.0 Å². The van der Waals surface area contributed by atoms with Crippen LogP contribution >= 0.6 is 11.3 Å². The van der Waals surface area contributed by atoms with Crippen molar-refractivity contribution >= 4 is 33.0 Å². The van der Waals surface area contributed by atoms with Crippen molar-refractivity contribution in [2.24, 2.45) is 5.92 Å². The molecule has 3 aromatic rings. The van der Waals surface area contributed by atoms with E-state index in [2.05, 4.69) is 15.0 Å². The molecule has 0 atom stereocenters. The van der Waals surface area contributed by atoms with Crippen LogP contribution in [0.3, 0.4) is 0 Å². The van der Waals surface area contributed by atoms with Crippen molar-refractivity contribution in [2.45, 2.75) is 24.7 Å². The van der Waals surface area contributed by atoms with Gasteiger partial charge in [0.05, 0.1) is 4.90 Å². The molecular weight excluding hydrogens is 398 g/mol. The SMILES string of the molecule is Cc1ccc(-c2nc(C(=O)Nc3ccc(S(=O)(=O)NCC4CC4)cc3)cs2)o1. The normalized spacial score (nSPS) is 14.2. The Labute approximate surface area is 166 Å². The summed E-state index contributed by atoms with van der Waals surface area (Å²) in [6.45, 7) is 2.32. The molecule has 2 N–H and O–H groups in total. The van der Waals surface area contributed by atoms with Gasteiger partial charge in [-0.05, 0) is 62.1 Å². The number of carbonyl (C=O) groups excluding carboxylic acids is 1. The Kier molecular flexibility index (Phi) is 5.05. The molecule has 146 valence electrons. The summed E-state index contributed by atoms with van der Waals surface area (Å²) >= 11 is 1.32. The molecule has 1 aliphatic carbocycles. The van der Waals surface area contributed by atoms with Crippen LogP contribution in [0.1, 0.15) is 29.1 Å². The zero-order chi connectivity index (χ0) is 19.7. The summed E-state index contributed by atoms with van der Waals surface area (Å²) in [6.07, 6.45) is 2.15. The highest BCUT2D eigenvalue weighted by molar-refractivity contribution is 7.89. The smallest absolute Gasteiger partial charge is 0.275 e. The van der Waals surface area contributed by atoms with Crippen molar-refractivity contribution in [1.29, 1.82) is 0 Å². The maximum Gasteiger partial charge on any atom is 0.275 e. The van der Waals surface area contributed by atoms with Crippen LogP contribution in [0.4, 0.5) is 5.69 Å². The third-order valence-corrected chi connectivity index (χ3v) is 6.67. The predicted octanol–water partition coefficient (Wildman–Crippen LogP) is 3.65. The third-order valence-electron chi connectivity index (χ3n) is 4.37. The lowest BCUT2D eigenvalue weighted by molar-refractivity contribution is 0.102. The lowest BCUT2D eigenvalue weighted by atomic mass is 10.3. The molecule has 28 heavy (non-hydrogen) atoms. The fourth-order valence-corrected chi connectivity index (χ4v) is 4.46.